The number of fused-ring (bicyclic) bond motifs is 2. The maximum absolute atomic E-state index is 13.3. The van der Waals surface area contributed by atoms with Gasteiger partial charge in [0.15, 0.2) is 11.5 Å². The van der Waals surface area contributed by atoms with Crippen LogP contribution in [0.25, 0.3) is 28.1 Å². The normalized spacial score (nSPS) is 11.2. The van der Waals surface area contributed by atoms with Gasteiger partial charge in [0.1, 0.15) is 23.6 Å². The van der Waals surface area contributed by atoms with Crippen molar-refractivity contribution in [2.75, 3.05) is 13.2 Å². The Morgan fingerprint density at radius 2 is 1.89 bits per heavy atom. The molecule has 4 heterocycles. The van der Waals surface area contributed by atoms with Crippen LogP contribution in [0, 0.1) is 12.7 Å². The Balaban J connectivity index is 1.27. The number of rotatable bonds is 7. The van der Waals surface area contributed by atoms with Gasteiger partial charge >= 0.3 is 0 Å². The highest BCUT2D eigenvalue weighted by molar-refractivity contribution is 5.96. The second kappa shape index (κ2) is 9.53. The molecule has 0 aliphatic heterocycles. The van der Waals surface area contributed by atoms with Crippen LogP contribution in [0.4, 0.5) is 4.39 Å². The largest absolute Gasteiger partial charge is 0.475 e. The highest BCUT2D eigenvalue weighted by atomic mass is 19.1. The summed E-state index contributed by atoms with van der Waals surface area (Å²) in [5, 5.41) is 15.7. The molecule has 10 nitrogen and oxygen atoms in total. The lowest BCUT2D eigenvalue weighted by Gasteiger charge is -2.12. The fourth-order valence-corrected chi connectivity index (χ4v) is 3.81. The minimum Gasteiger partial charge on any atom is -0.475 e. The predicted molar refractivity (Wildman–Crippen MR) is 130 cm³/mol. The molecule has 0 saturated carbocycles. The van der Waals surface area contributed by atoms with Crippen LogP contribution in [0.5, 0.6) is 5.88 Å². The molecule has 0 aliphatic rings. The highest BCUT2D eigenvalue weighted by Crippen LogP contribution is 2.19. The number of aryl methyl sites for hydroxylation is 2. The number of carbonyl (C=O) groups excluding carboxylic acids is 1. The number of amides is 1. The average molecular weight is 487 g/mol. The zero-order chi connectivity index (χ0) is 25.2. The summed E-state index contributed by atoms with van der Waals surface area (Å²) in [7, 11) is 0. The summed E-state index contributed by atoms with van der Waals surface area (Å²) < 4.78 is 22.2. The summed E-state index contributed by atoms with van der Waals surface area (Å²) in [6.07, 6.45) is 1.53. The van der Waals surface area contributed by atoms with Crippen molar-refractivity contribution in [3.63, 3.8) is 0 Å². The van der Waals surface area contributed by atoms with Crippen LogP contribution < -0.4 is 15.5 Å². The van der Waals surface area contributed by atoms with Gasteiger partial charge < -0.3 is 14.6 Å². The maximum Gasteiger partial charge on any atom is 0.256 e. The van der Waals surface area contributed by atoms with Crippen LogP contribution in [0.1, 0.15) is 23.0 Å². The number of benzene rings is 1. The first-order valence-corrected chi connectivity index (χ1v) is 11.3. The molecule has 0 aliphatic carbocycles. The molecule has 5 rings (SSSR count). The van der Waals surface area contributed by atoms with Crippen molar-refractivity contribution in [2.45, 2.75) is 20.4 Å². The van der Waals surface area contributed by atoms with Crippen molar-refractivity contribution >= 4 is 22.6 Å². The summed E-state index contributed by atoms with van der Waals surface area (Å²) in [5.74, 6) is -0.109. The molecule has 1 aromatic carbocycles. The second-order valence-electron chi connectivity index (χ2n) is 8.06. The van der Waals surface area contributed by atoms with E-state index >= 15 is 0 Å². The SMILES string of the molecule is CCn1cc(C(=O)NCCOc2ccc3nnc(-c4ccc(F)cc4)n3n2)c(=O)c2ccc(C)nc21. The smallest absolute Gasteiger partial charge is 0.256 e. The van der Waals surface area contributed by atoms with Crippen LogP contribution in [0.2, 0.25) is 0 Å². The summed E-state index contributed by atoms with van der Waals surface area (Å²) in [5.41, 5.74) is 2.18. The number of halogens is 1. The number of pyridine rings is 2. The summed E-state index contributed by atoms with van der Waals surface area (Å²) >= 11 is 0. The van der Waals surface area contributed by atoms with E-state index in [1.54, 1.807) is 41.0 Å². The lowest BCUT2D eigenvalue weighted by atomic mass is 10.1. The molecule has 182 valence electrons. The van der Waals surface area contributed by atoms with Gasteiger partial charge in [-0.2, -0.15) is 4.52 Å². The monoisotopic (exact) mass is 487 g/mol. The number of carbonyl (C=O) groups is 1. The van der Waals surface area contributed by atoms with E-state index in [-0.39, 0.29) is 30.0 Å². The third-order valence-corrected chi connectivity index (χ3v) is 5.62. The van der Waals surface area contributed by atoms with Gasteiger partial charge in [0.2, 0.25) is 11.3 Å². The van der Waals surface area contributed by atoms with Gasteiger partial charge in [-0.25, -0.2) is 9.37 Å². The Bertz CT molecular complexity index is 1640. The molecule has 0 spiro atoms. The first-order chi connectivity index (χ1) is 17.4. The fourth-order valence-electron chi connectivity index (χ4n) is 3.81. The van der Waals surface area contributed by atoms with Crippen molar-refractivity contribution in [2.24, 2.45) is 0 Å². The zero-order valence-corrected chi connectivity index (χ0v) is 19.6. The standard InChI is InChI=1S/C25H22FN7O3/c1-3-32-14-19(22(34)18-9-4-15(2)28-24(18)32)25(35)27-12-13-36-21-11-10-20-29-30-23(33(20)31-21)16-5-7-17(26)8-6-16/h4-11,14H,3,12-13H2,1-2H3,(H,27,35). The summed E-state index contributed by atoms with van der Waals surface area (Å²) in [6.45, 7) is 4.61. The molecule has 11 heteroatoms. The number of ether oxygens (including phenoxy) is 1. The molecule has 1 N–H and O–H groups in total. The first-order valence-electron chi connectivity index (χ1n) is 11.3. The molecule has 0 saturated heterocycles. The van der Waals surface area contributed by atoms with Crippen LogP contribution in [0.3, 0.4) is 0 Å². The molecule has 0 bridgehead atoms. The van der Waals surface area contributed by atoms with Crippen molar-refractivity contribution in [3.8, 4) is 17.3 Å². The van der Waals surface area contributed by atoms with Crippen molar-refractivity contribution < 1.29 is 13.9 Å². The molecule has 0 atom stereocenters. The van der Waals surface area contributed by atoms with Gasteiger partial charge in [-0.1, -0.05) is 0 Å². The third kappa shape index (κ3) is 4.38. The summed E-state index contributed by atoms with van der Waals surface area (Å²) in [4.78, 5) is 30.1. The quantitative estimate of drug-likeness (QED) is 0.351. The minimum absolute atomic E-state index is 0.0444. The van der Waals surface area contributed by atoms with Gasteiger partial charge in [0.05, 0.1) is 11.9 Å². The Labute approximate surface area is 204 Å². The molecule has 4 aromatic heterocycles. The molecule has 36 heavy (non-hydrogen) atoms. The van der Waals surface area contributed by atoms with Gasteiger partial charge in [-0.05, 0) is 56.3 Å². The molecule has 5 aromatic rings. The lowest BCUT2D eigenvalue weighted by molar-refractivity contribution is 0.0945. The van der Waals surface area contributed by atoms with Crippen molar-refractivity contribution in [3.05, 3.63) is 82.0 Å². The number of nitrogens with zero attached hydrogens (tertiary/aromatic N) is 6. The molecule has 0 radical (unpaired) electrons. The fraction of sp³-hybridized carbons (Fsp3) is 0.200. The number of aromatic nitrogens is 6. The number of hydrogen-bond donors (Lipinski definition) is 1. The van der Waals surface area contributed by atoms with Crippen LogP contribution >= 0.6 is 0 Å². The van der Waals surface area contributed by atoms with Crippen molar-refractivity contribution in [1.29, 1.82) is 0 Å². The summed E-state index contributed by atoms with van der Waals surface area (Å²) in [6, 6.07) is 12.6. The average Bonchev–Trinajstić information content (AvgIpc) is 3.30. The van der Waals surface area contributed by atoms with E-state index < -0.39 is 5.91 Å². The first kappa shape index (κ1) is 23.1. The van der Waals surface area contributed by atoms with Gasteiger partial charge in [-0.3, -0.25) is 9.59 Å². The molecule has 1 amide bonds. The Morgan fingerprint density at radius 3 is 2.67 bits per heavy atom. The Kier molecular flexibility index (Phi) is 6.11. The van der Waals surface area contributed by atoms with E-state index in [1.807, 2.05) is 13.8 Å². The molecular weight excluding hydrogens is 465 g/mol. The predicted octanol–water partition coefficient (Wildman–Crippen LogP) is 2.78. The van der Waals surface area contributed by atoms with Crippen LogP contribution in [0.15, 0.2) is 59.5 Å². The van der Waals surface area contributed by atoms with E-state index in [9.17, 15) is 14.0 Å². The van der Waals surface area contributed by atoms with Crippen molar-refractivity contribution in [1.82, 2.24) is 34.7 Å². The molecule has 0 unspecified atom stereocenters. The second-order valence-corrected chi connectivity index (χ2v) is 8.06. The lowest BCUT2D eigenvalue weighted by Crippen LogP contribution is -2.32. The molecule has 0 fully saturated rings. The van der Waals surface area contributed by atoms with E-state index in [1.165, 1.54) is 22.8 Å². The number of hydrogen-bond acceptors (Lipinski definition) is 7. The third-order valence-electron chi connectivity index (χ3n) is 5.62. The van der Waals surface area contributed by atoms with Gasteiger partial charge in [0.25, 0.3) is 5.91 Å². The Morgan fingerprint density at radius 1 is 1.08 bits per heavy atom. The number of nitrogens with one attached hydrogen (secondary N) is 1. The van der Waals surface area contributed by atoms with Gasteiger partial charge in [0, 0.05) is 30.1 Å². The maximum atomic E-state index is 13.3. The topological polar surface area (TPSA) is 116 Å². The van der Waals surface area contributed by atoms with Crippen LogP contribution in [-0.4, -0.2) is 48.4 Å². The van der Waals surface area contributed by atoms with Gasteiger partial charge in [-0.15, -0.1) is 15.3 Å². The highest BCUT2D eigenvalue weighted by Gasteiger charge is 2.16. The minimum atomic E-state index is -0.492. The molecular formula is C25H22FN7O3. The van der Waals surface area contributed by atoms with E-state index in [0.717, 1.165) is 5.69 Å². The van der Waals surface area contributed by atoms with E-state index in [4.69, 9.17) is 4.74 Å². The Hall–Kier alpha value is -4.67. The zero-order valence-electron chi connectivity index (χ0n) is 19.6. The van der Waals surface area contributed by atoms with E-state index in [0.29, 0.717) is 40.5 Å². The van der Waals surface area contributed by atoms with Crippen LogP contribution in [-0.2, 0) is 6.54 Å². The van der Waals surface area contributed by atoms with E-state index in [2.05, 4.69) is 25.6 Å².